The molecule has 18 heavy (non-hydrogen) atoms. The van der Waals surface area contributed by atoms with E-state index in [9.17, 15) is 0 Å². The zero-order valence-corrected chi connectivity index (χ0v) is 12.2. The molecule has 2 aliphatic rings. The molecule has 2 unspecified atom stereocenters. The van der Waals surface area contributed by atoms with E-state index in [1.165, 1.54) is 51.9 Å². The van der Waals surface area contributed by atoms with Crippen molar-refractivity contribution in [1.82, 2.24) is 10.2 Å². The number of nitrogens with one attached hydrogen (secondary N) is 1. The number of nitrogens with zero attached hydrogens (tertiary/aromatic N) is 1. The van der Waals surface area contributed by atoms with Crippen LogP contribution >= 0.6 is 0 Å². The van der Waals surface area contributed by atoms with Crippen LogP contribution in [0, 0.1) is 5.41 Å². The minimum absolute atomic E-state index is 0.459. The maximum atomic E-state index is 5.88. The van der Waals surface area contributed by atoms with Gasteiger partial charge in [-0.3, -0.25) is 0 Å². The molecule has 2 atom stereocenters. The van der Waals surface area contributed by atoms with Crippen LogP contribution in [0.5, 0.6) is 0 Å². The molecule has 0 aromatic rings. The third-order valence-electron chi connectivity index (χ3n) is 4.56. The second-order valence-corrected chi connectivity index (χ2v) is 6.17. The highest BCUT2D eigenvalue weighted by Crippen LogP contribution is 2.32. The highest BCUT2D eigenvalue weighted by Gasteiger charge is 2.35. The smallest absolute Gasteiger partial charge is 0.0699 e. The first kappa shape index (κ1) is 14.3. The van der Waals surface area contributed by atoms with Gasteiger partial charge < -0.3 is 15.0 Å². The van der Waals surface area contributed by atoms with Crippen molar-refractivity contribution in [3.63, 3.8) is 0 Å². The molecule has 2 saturated heterocycles. The summed E-state index contributed by atoms with van der Waals surface area (Å²) in [5, 5.41) is 3.57. The molecule has 0 aromatic carbocycles. The first-order valence-corrected chi connectivity index (χ1v) is 7.83. The predicted molar refractivity (Wildman–Crippen MR) is 75.9 cm³/mol. The van der Waals surface area contributed by atoms with Crippen molar-refractivity contribution in [2.75, 3.05) is 39.3 Å². The van der Waals surface area contributed by atoms with Gasteiger partial charge in [-0.1, -0.05) is 20.3 Å². The number of rotatable bonds is 5. The lowest BCUT2D eigenvalue weighted by Gasteiger charge is -2.35. The lowest BCUT2D eigenvalue weighted by molar-refractivity contribution is 0.0448. The minimum atomic E-state index is 0.459. The summed E-state index contributed by atoms with van der Waals surface area (Å²) in [6, 6.07) is 0. The molecule has 0 saturated carbocycles. The Morgan fingerprint density at radius 3 is 2.94 bits per heavy atom. The summed E-state index contributed by atoms with van der Waals surface area (Å²) in [4.78, 5) is 2.67. The molecule has 0 bridgehead atoms. The summed E-state index contributed by atoms with van der Waals surface area (Å²) in [6.45, 7) is 11.6. The number of hydrogen-bond acceptors (Lipinski definition) is 3. The monoisotopic (exact) mass is 254 g/mol. The van der Waals surface area contributed by atoms with Crippen molar-refractivity contribution in [2.24, 2.45) is 5.41 Å². The van der Waals surface area contributed by atoms with E-state index in [2.05, 4.69) is 24.1 Å². The van der Waals surface area contributed by atoms with E-state index in [1.807, 2.05) is 0 Å². The van der Waals surface area contributed by atoms with Gasteiger partial charge in [0.1, 0.15) is 0 Å². The average molecular weight is 254 g/mol. The van der Waals surface area contributed by atoms with Gasteiger partial charge in [-0.25, -0.2) is 0 Å². The van der Waals surface area contributed by atoms with E-state index >= 15 is 0 Å². The van der Waals surface area contributed by atoms with Gasteiger partial charge in [0.2, 0.25) is 0 Å². The van der Waals surface area contributed by atoms with Gasteiger partial charge in [-0.2, -0.15) is 0 Å². The minimum Gasteiger partial charge on any atom is -0.377 e. The van der Waals surface area contributed by atoms with Crippen molar-refractivity contribution < 1.29 is 4.74 Å². The molecule has 0 aliphatic carbocycles. The SMILES string of the molecule is CCCC1(CN2CCCOC(CC)C2)CCNC1. The molecule has 1 N–H and O–H groups in total. The molecule has 106 valence electrons. The fourth-order valence-electron chi connectivity index (χ4n) is 3.59. The molecule has 2 heterocycles. The van der Waals surface area contributed by atoms with Crippen LogP contribution in [-0.4, -0.2) is 50.3 Å². The molecule has 0 amide bonds. The average Bonchev–Trinajstić information content (AvgIpc) is 2.69. The van der Waals surface area contributed by atoms with Crippen molar-refractivity contribution in [2.45, 2.75) is 52.1 Å². The molecule has 2 fully saturated rings. The summed E-state index contributed by atoms with van der Waals surface area (Å²) in [7, 11) is 0. The van der Waals surface area contributed by atoms with Crippen molar-refractivity contribution in [3.8, 4) is 0 Å². The number of ether oxygens (including phenoxy) is 1. The molecule has 0 radical (unpaired) electrons. The normalized spacial score (nSPS) is 34.7. The fourth-order valence-corrected chi connectivity index (χ4v) is 3.59. The van der Waals surface area contributed by atoms with Gasteiger partial charge in [-0.05, 0) is 37.6 Å². The third kappa shape index (κ3) is 3.69. The highest BCUT2D eigenvalue weighted by atomic mass is 16.5. The maximum Gasteiger partial charge on any atom is 0.0699 e. The first-order valence-electron chi connectivity index (χ1n) is 7.83. The Kier molecular flexibility index (Phi) is 5.46. The zero-order chi connectivity index (χ0) is 12.8. The molecule has 2 rings (SSSR count). The van der Waals surface area contributed by atoms with Crippen LogP contribution in [0.3, 0.4) is 0 Å². The summed E-state index contributed by atoms with van der Waals surface area (Å²) in [5.41, 5.74) is 0.539. The van der Waals surface area contributed by atoms with Crippen LogP contribution in [0.15, 0.2) is 0 Å². The Balaban J connectivity index is 1.92. The fraction of sp³-hybridized carbons (Fsp3) is 1.00. The molecule has 3 nitrogen and oxygen atoms in total. The third-order valence-corrected chi connectivity index (χ3v) is 4.56. The van der Waals surface area contributed by atoms with Crippen molar-refractivity contribution in [3.05, 3.63) is 0 Å². The summed E-state index contributed by atoms with van der Waals surface area (Å²) in [6.07, 6.45) is 6.84. The maximum absolute atomic E-state index is 5.88. The lowest BCUT2D eigenvalue weighted by Crippen LogP contribution is -2.42. The second-order valence-electron chi connectivity index (χ2n) is 6.17. The lowest BCUT2D eigenvalue weighted by atomic mass is 9.82. The summed E-state index contributed by atoms with van der Waals surface area (Å²) < 4.78 is 5.88. The molecule has 3 heteroatoms. The van der Waals surface area contributed by atoms with E-state index in [-0.39, 0.29) is 0 Å². The van der Waals surface area contributed by atoms with E-state index in [4.69, 9.17) is 4.74 Å². The van der Waals surface area contributed by atoms with Crippen molar-refractivity contribution in [1.29, 1.82) is 0 Å². The summed E-state index contributed by atoms with van der Waals surface area (Å²) in [5.74, 6) is 0. The largest absolute Gasteiger partial charge is 0.377 e. The Morgan fingerprint density at radius 2 is 2.28 bits per heavy atom. The van der Waals surface area contributed by atoms with Crippen molar-refractivity contribution >= 4 is 0 Å². The van der Waals surface area contributed by atoms with E-state index in [0.29, 0.717) is 11.5 Å². The molecular formula is C15H30N2O. The van der Waals surface area contributed by atoms with E-state index < -0.39 is 0 Å². The van der Waals surface area contributed by atoms with Crippen LogP contribution in [0.2, 0.25) is 0 Å². The Labute approximate surface area is 112 Å². The standard InChI is InChI=1S/C15H30N2O/c1-3-6-15(7-8-16-12-15)13-17-9-5-10-18-14(4-2)11-17/h14,16H,3-13H2,1-2H3. The van der Waals surface area contributed by atoms with E-state index in [1.54, 1.807) is 0 Å². The van der Waals surface area contributed by atoms with Crippen LogP contribution in [-0.2, 0) is 4.74 Å². The molecule has 0 aromatic heterocycles. The highest BCUT2D eigenvalue weighted by molar-refractivity contribution is 4.90. The molecule has 0 spiro atoms. The van der Waals surface area contributed by atoms with Gasteiger partial charge in [0.15, 0.2) is 0 Å². The van der Waals surface area contributed by atoms with Crippen LogP contribution < -0.4 is 5.32 Å². The Bertz CT molecular complexity index is 239. The van der Waals surface area contributed by atoms with Crippen LogP contribution in [0.4, 0.5) is 0 Å². The quantitative estimate of drug-likeness (QED) is 0.814. The topological polar surface area (TPSA) is 24.5 Å². The second kappa shape index (κ2) is 6.88. The first-order chi connectivity index (χ1) is 8.78. The van der Waals surface area contributed by atoms with Gasteiger partial charge >= 0.3 is 0 Å². The van der Waals surface area contributed by atoms with Crippen LogP contribution in [0.1, 0.15) is 46.0 Å². The molecular weight excluding hydrogens is 224 g/mol. The van der Waals surface area contributed by atoms with E-state index in [0.717, 1.165) is 19.6 Å². The zero-order valence-electron chi connectivity index (χ0n) is 12.2. The summed E-state index contributed by atoms with van der Waals surface area (Å²) >= 11 is 0. The van der Waals surface area contributed by atoms with Gasteiger partial charge in [0.05, 0.1) is 6.10 Å². The Morgan fingerprint density at radius 1 is 1.39 bits per heavy atom. The van der Waals surface area contributed by atoms with Gasteiger partial charge in [0.25, 0.3) is 0 Å². The Hall–Kier alpha value is -0.120. The van der Waals surface area contributed by atoms with Crippen LogP contribution in [0.25, 0.3) is 0 Å². The molecule has 2 aliphatic heterocycles. The van der Waals surface area contributed by atoms with Gasteiger partial charge in [0, 0.05) is 32.8 Å². The van der Waals surface area contributed by atoms with Gasteiger partial charge in [-0.15, -0.1) is 0 Å². The number of hydrogen-bond donors (Lipinski definition) is 1. The predicted octanol–water partition coefficient (Wildman–Crippen LogP) is 2.27.